The summed E-state index contributed by atoms with van der Waals surface area (Å²) in [5.74, 6) is 2.89. The van der Waals surface area contributed by atoms with Crippen LogP contribution in [0.2, 0.25) is 0 Å². The van der Waals surface area contributed by atoms with Crippen LogP contribution in [0.3, 0.4) is 0 Å². The lowest BCUT2D eigenvalue weighted by Gasteiger charge is -2.24. The Balaban J connectivity index is 1.44. The van der Waals surface area contributed by atoms with E-state index in [9.17, 15) is 4.79 Å². The first kappa shape index (κ1) is 24.1. The number of benzene rings is 3. The van der Waals surface area contributed by atoms with Gasteiger partial charge in [0.2, 0.25) is 5.91 Å². The van der Waals surface area contributed by atoms with Gasteiger partial charge < -0.3 is 19.4 Å². The van der Waals surface area contributed by atoms with Crippen LogP contribution in [0.1, 0.15) is 17.7 Å². The van der Waals surface area contributed by atoms with Gasteiger partial charge in [0, 0.05) is 30.5 Å². The van der Waals surface area contributed by atoms with E-state index in [0.717, 1.165) is 39.4 Å². The summed E-state index contributed by atoms with van der Waals surface area (Å²) in [6.45, 7) is 1.43. The van der Waals surface area contributed by atoms with Gasteiger partial charge in [-0.3, -0.25) is 4.79 Å². The normalized spacial score (nSPS) is 10.8. The lowest BCUT2D eigenvalue weighted by atomic mass is 10.1. The van der Waals surface area contributed by atoms with E-state index in [2.05, 4.69) is 10.2 Å². The van der Waals surface area contributed by atoms with Gasteiger partial charge in [0.15, 0.2) is 5.82 Å². The van der Waals surface area contributed by atoms with Crippen molar-refractivity contribution in [1.29, 1.82) is 0 Å². The highest BCUT2D eigenvalue weighted by atomic mass is 16.5. The van der Waals surface area contributed by atoms with Crippen LogP contribution >= 0.6 is 0 Å². The Bertz CT molecular complexity index is 1450. The molecule has 0 atom stereocenters. The zero-order chi connectivity index (χ0) is 25.5. The molecule has 5 rings (SSSR count). The summed E-state index contributed by atoms with van der Waals surface area (Å²) in [7, 11) is 1.64. The van der Waals surface area contributed by atoms with Crippen molar-refractivity contribution < 1.29 is 13.9 Å². The highest BCUT2D eigenvalue weighted by Crippen LogP contribution is 2.29. The van der Waals surface area contributed by atoms with Gasteiger partial charge in [-0.1, -0.05) is 42.5 Å². The molecule has 0 bridgehead atoms. The third-order valence-electron chi connectivity index (χ3n) is 6.10. The molecular weight excluding hydrogens is 464 g/mol. The van der Waals surface area contributed by atoms with E-state index >= 15 is 0 Å². The lowest BCUT2D eigenvalue weighted by Crippen LogP contribution is -2.31. The Hall–Kier alpha value is -4.65. The molecule has 1 amide bonds. The maximum Gasteiger partial charge on any atom is 0.222 e. The van der Waals surface area contributed by atoms with E-state index < -0.39 is 0 Å². The Morgan fingerprint density at radius 1 is 0.919 bits per heavy atom. The number of nitrogens with zero attached hydrogens (tertiary/aromatic N) is 3. The van der Waals surface area contributed by atoms with Gasteiger partial charge in [-0.2, -0.15) is 0 Å². The second kappa shape index (κ2) is 11.4. The van der Waals surface area contributed by atoms with Crippen LogP contribution < -0.4 is 15.0 Å². The predicted molar refractivity (Wildman–Crippen MR) is 144 cm³/mol. The Kier molecular flexibility index (Phi) is 7.41. The van der Waals surface area contributed by atoms with Crippen LogP contribution in [-0.2, 0) is 17.9 Å². The zero-order valence-corrected chi connectivity index (χ0v) is 20.6. The summed E-state index contributed by atoms with van der Waals surface area (Å²) >= 11 is 0. The van der Waals surface area contributed by atoms with Gasteiger partial charge >= 0.3 is 0 Å². The van der Waals surface area contributed by atoms with Crippen LogP contribution in [0.4, 0.5) is 5.82 Å². The number of hydrogen-bond donors (Lipinski definition) is 1. The van der Waals surface area contributed by atoms with Gasteiger partial charge in [-0.25, -0.2) is 9.97 Å². The number of amides is 1. The van der Waals surface area contributed by atoms with Crippen molar-refractivity contribution >= 4 is 22.6 Å². The van der Waals surface area contributed by atoms with Crippen LogP contribution in [0.5, 0.6) is 5.75 Å². The Morgan fingerprint density at radius 3 is 2.46 bits per heavy atom. The molecular formula is C30H28N4O3. The quantitative estimate of drug-likeness (QED) is 0.273. The largest absolute Gasteiger partial charge is 0.497 e. The number of rotatable bonds is 10. The van der Waals surface area contributed by atoms with E-state index in [-0.39, 0.29) is 5.91 Å². The molecule has 0 fully saturated rings. The highest BCUT2D eigenvalue weighted by molar-refractivity contribution is 5.91. The molecule has 37 heavy (non-hydrogen) atoms. The Morgan fingerprint density at radius 2 is 1.70 bits per heavy atom. The number of carbonyl (C=O) groups excluding carboxylic acids is 1. The standard InChI is InChI=1S/C30H28N4O3/c1-36-24-15-13-23(14-16-24)29-32-27-12-6-5-11-26(27)30(33-29)34(21-25-10-7-19-37-25)18-17-28(35)31-20-22-8-3-2-4-9-22/h2-16,19H,17-18,20-21H2,1H3,(H,31,35). The number of anilines is 1. The second-order valence-corrected chi connectivity index (χ2v) is 8.63. The van der Waals surface area contributed by atoms with Gasteiger partial charge in [-0.05, 0) is 54.1 Å². The summed E-state index contributed by atoms with van der Waals surface area (Å²) < 4.78 is 11.0. The lowest BCUT2D eigenvalue weighted by molar-refractivity contribution is -0.121. The first-order chi connectivity index (χ1) is 18.2. The number of furan rings is 1. The van der Waals surface area contributed by atoms with E-state index in [1.54, 1.807) is 13.4 Å². The molecule has 7 heteroatoms. The minimum Gasteiger partial charge on any atom is -0.497 e. The maximum atomic E-state index is 12.8. The average Bonchev–Trinajstić information content (AvgIpc) is 3.47. The molecule has 0 aliphatic heterocycles. The average molecular weight is 493 g/mol. The molecule has 0 saturated carbocycles. The number of para-hydroxylation sites is 1. The molecule has 0 spiro atoms. The maximum absolute atomic E-state index is 12.8. The van der Waals surface area contributed by atoms with Crippen molar-refractivity contribution in [3.8, 4) is 17.1 Å². The number of aromatic nitrogens is 2. The number of carbonyl (C=O) groups is 1. The van der Waals surface area contributed by atoms with E-state index in [4.69, 9.17) is 19.1 Å². The van der Waals surface area contributed by atoms with Gasteiger partial charge in [0.05, 0.1) is 25.4 Å². The summed E-state index contributed by atoms with van der Waals surface area (Å²) in [4.78, 5) is 24.6. The van der Waals surface area contributed by atoms with Gasteiger partial charge in [0.25, 0.3) is 0 Å². The first-order valence-corrected chi connectivity index (χ1v) is 12.2. The van der Waals surface area contributed by atoms with Crippen molar-refractivity contribution in [2.45, 2.75) is 19.5 Å². The first-order valence-electron chi connectivity index (χ1n) is 12.2. The van der Waals surface area contributed by atoms with Gasteiger partial charge in [-0.15, -0.1) is 0 Å². The molecule has 5 aromatic rings. The fraction of sp³-hybridized carbons (Fsp3) is 0.167. The second-order valence-electron chi connectivity index (χ2n) is 8.63. The molecule has 186 valence electrons. The van der Waals surface area contributed by atoms with Crippen molar-refractivity contribution in [2.24, 2.45) is 0 Å². The molecule has 0 unspecified atom stereocenters. The van der Waals surface area contributed by atoms with Gasteiger partial charge in [0.1, 0.15) is 17.3 Å². The molecule has 0 saturated heterocycles. The molecule has 2 aromatic heterocycles. The van der Waals surface area contributed by atoms with Crippen LogP contribution in [0, 0.1) is 0 Å². The highest BCUT2D eigenvalue weighted by Gasteiger charge is 2.18. The predicted octanol–water partition coefficient (Wildman–Crippen LogP) is 5.61. The fourth-order valence-electron chi connectivity index (χ4n) is 4.14. The molecule has 3 aromatic carbocycles. The minimum absolute atomic E-state index is 0.0259. The molecule has 0 radical (unpaired) electrons. The number of nitrogens with one attached hydrogen (secondary N) is 1. The number of hydrogen-bond acceptors (Lipinski definition) is 6. The van der Waals surface area contributed by atoms with Crippen LogP contribution in [0.15, 0.2) is 102 Å². The number of fused-ring (bicyclic) bond motifs is 1. The van der Waals surface area contributed by atoms with Crippen molar-refractivity contribution in [1.82, 2.24) is 15.3 Å². The molecule has 1 N–H and O–H groups in total. The molecule has 0 aliphatic carbocycles. The number of methoxy groups -OCH3 is 1. The van der Waals surface area contributed by atoms with Crippen molar-refractivity contribution in [3.05, 3.63) is 109 Å². The third-order valence-corrected chi connectivity index (χ3v) is 6.10. The van der Waals surface area contributed by atoms with Crippen molar-refractivity contribution in [2.75, 3.05) is 18.6 Å². The van der Waals surface area contributed by atoms with E-state index in [0.29, 0.717) is 31.9 Å². The topological polar surface area (TPSA) is 80.5 Å². The van der Waals surface area contributed by atoms with Crippen LogP contribution in [0.25, 0.3) is 22.3 Å². The van der Waals surface area contributed by atoms with E-state index in [1.165, 1.54) is 0 Å². The van der Waals surface area contributed by atoms with Crippen molar-refractivity contribution in [3.63, 3.8) is 0 Å². The van der Waals surface area contributed by atoms with Crippen LogP contribution in [-0.4, -0.2) is 29.5 Å². The summed E-state index contributed by atoms with van der Waals surface area (Å²) in [6.07, 6.45) is 1.96. The fourth-order valence-corrected chi connectivity index (χ4v) is 4.14. The molecule has 2 heterocycles. The monoisotopic (exact) mass is 492 g/mol. The third kappa shape index (κ3) is 5.95. The molecule has 0 aliphatic rings. The smallest absolute Gasteiger partial charge is 0.222 e. The zero-order valence-electron chi connectivity index (χ0n) is 20.6. The number of ether oxygens (including phenoxy) is 1. The summed E-state index contributed by atoms with van der Waals surface area (Å²) in [6, 6.07) is 29.3. The van der Waals surface area contributed by atoms with E-state index in [1.807, 2.05) is 91.0 Å². The minimum atomic E-state index is -0.0259. The molecule has 7 nitrogen and oxygen atoms in total. The SMILES string of the molecule is COc1ccc(-c2nc(N(CCC(=O)NCc3ccccc3)Cc3ccco3)c3ccccc3n2)cc1. The Labute approximate surface area is 215 Å². The summed E-state index contributed by atoms with van der Waals surface area (Å²) in [5.41, 5.74) is 2.77. The summed E-state index contributed by atoms with van der Waals surface area (Å²) in [5, 5.41) is 3.93.